The molecule has 0 heterocycles. The van der Waals surface area contributed by atoms with Crippen molar-refractivity contribution in [3.63, 3.8) is 0 Å². The second-order valence-electron chi connectivity index (χ2n) is 6.69. The van der Waals surface area contributed by atoms with Gasteiger partial charge in [-0.3, -0.25) is 0 Å². The molecule has 142 valence electrons. The lowest BCUT2D eigenvalue weighted by atomic mass is 9.84. The minimum Gasteiger partial charge on any atom is -0.147 e. The van der Waals surface area contributed by atoms with E-state index in [-0.39, 0.29) is 17.2 Å². The van der Waals surface area contributed by atoms with Gasteiger partial charge in [-0.05, 0) is 28.9 Å². The van der Waals surface area contributed by atoms with E-state index in [0.717, 1.165) is 0 Å². The molecule has 0 aliphatic rings. The van der Waals surface area contributed by atoms with Crippen LogP contribution in [-0.4, -0.2) is 5.75 Å². The molecule has 0 fully saturated rings. The Labute approximate surface area is 174 Å². The third-order valence-electron chi connectivity index (χ3n) is 4.86. The van der Waals surface area contributed by atoms with Crippen LogP contribution in [0.15, 0.2) is 91.0 Å². The van der Waals surface area contributed by atoms with E-state index in [0.29, 0.717) is 0 Å². The predicted molar refractivity (Wildman–Crippen MR) is 123 cm³/mol. The monoisotopic (exact) mass is 396 g/mol. The van der Waals surface area contributed by atoms with Gasteiger partial charge in [-0.15, -0.1) is 24.2 Å². The molecule has 0 radical (unpaired) electrons. The Hall–Kier alpha value is -1.70. The highest BCUT2D eigenvalue weighted by Crippen LogP contribution is 2.48. The molecule has 0 saturated carbocycles. The van der Waals surface area contributed by atoms with E-state index >= 15 is 0 Å². The summed E-state index contributed by atoms with van der Waals surface area (Å²) in [6.45, 7) is 2.27. The zero-order valence-corrected chi connectivity index (χ0v) is 17.6. The van der Waals surface area contributed by atoms with Crippen LogP contribution in [0.3, 0.4) is 0 Å². The molecule has 3 aromatic rings. The van der Waals surface area contributed by atoms with Crippen LogP contribution in [0.25, 0.3) is 0 Å². The number of hydrogen-bond acceptors (Lipinski definition) is 1. The van der Waals surface area contributed by atoms with Gasteiger partial charge >= 0.3 is 0 Å². The van der Waals surface area contributed by atoms with Crippen molar-refractivity contribution in [3.8, 4) is 0 Å². The fourth-order valence-electron chi connectivity index (χ4n) is 3.52. The van der Waals surface area contributed by atoms with E-state index in [1.807, 2.05) is 0 Å². The number of benzene rings is 3. The zero-order chi connectivity index (χ0) is 18.1. The Balaban J connectivity index is 0.00000261. The maximum absolute atomic E-state index is 2.28. The van der Waals surface area contributed by atoms with Gasteiger partial charge in [0, 0.05) is 0 Å². The quantitative estimate of drug-likeness (QED) is 0.263. The number of rotatable bonds is 9. The van der Waals surface area contributed by atoms with E-state index in [9.17, 15) is 0 Å². The molecule has 0 amide bonds. The number of thioether (sulfide) groups is 1. The van der Waals surface area contributed by atoms with E-state index in [2.05, 4.69) is 110 Å². The molecule has 0 saturated heterocycles. The van der Waals surface area contributed by atoms with Gasteiger partial charge in [-0.25, -0.2) is 0 Å². The van der Waals surface area contributed by atoms with Crippen molar-refractivity contribution in [2.45, 2.75) is 37.4 Å². The molecule has 0 nitrogen and oxygen atoms in total. The molecule has 2 heteroatoms. The molecule has 0 spiro atoms. The molecule has 3 rings (SSSR count). The molecule has 27 heavy (non-hydrogen) atoms. The molecular formula is C25H29ClS. The molecule has 0 atom stereocenters. The Morgan fingerprint density at radius 3 is 1.37 bits per heavy atom. The van der Waals surface area contributed by atoms with Crippen LogP contribution in [0.4, 0.5) is 0 Å². The predicted octanol–water partition coefficient (Wildman–Crippen LogP) is 7.71. The maximum Gasteiger partial charge on any atom is 0.0906 e. The summed E-state index contributed by atoms with van der Waals surface area (Å²) in [5, 5.41) is 0. The van der Waals surface area contributed by atoms with Gasteiger partial charge in [0.15, 0.2) is 0 Å². The zero-order valence-electron chi connectivity index (χ0n) is 16.0. The normalized spacial score (nSPS) is 11.0. The van der Waals surface area contributed by atoms with Gasteiger partial charge in [-0.1, -0.05) is 117 Å². The molecule has 3 aromatic carbocycles. The minimum atomic E-state index is -0.157. The summed E-state index contributed by atoms with van der Waals surface area (Å²) < 4.78 is -0.157. The highest BCUT2D eigenvalue weighted by Gasteiger charge is 2.36. The first kappa shape index (κ1) is 21.6. The Morgan fingerprint density at radius 2 is 1.00 bits per heavy atom. The van der Waals surface area contributed by atoms with Gasteiger partial charge < -0.3 is 0 Å². The third kappa shape index (κ3) is 5.18. The molecule has 0 unspecified atom stereocenters. The number of hydrogen-bond donors (Lipinski definition) is 0. The van der Waals surface area contributed by atoms with Crippen LogP contribution in [0.5, 0.6) is 0 Å². The molecule has 0 bridgehead atoms. The second kappa shape index (κ2) is 11.2. The fourth-order valence-corrected chi connectivity index (χ4v) is 5.09. The number of unbranched alkanes of at least 4 members (excludes halogenated alkanes) is 3. The number of halogens is 1. The third-order valence-corrected chi connectivity index (χ3v) is 6.49. The van der Waals surface area contributed by atoms with Gasteiger partial charge in [0.25, 0.3) is 0 Å². The van der Waals surface area contributed by atoms with Crippen LogP contribution in [0.1, 0.15) is 49.3 Å². The van der Waals surface area contributed by atoms with Crippen LogP contribution in [0.2, 0.25) is 0 Å². The summed E-state index contributed by atoms with van der Waals surface area (Å²) in [6.07, 6.45) is 5.20. The largest absolute Gasteiger partial charge is 0.147 e. The molecule has 0 aliphatic carbocycles. The SMILES string of the molecule is CCCCCCSC(c1ccccc1)(c1ccccc1)c1ccccc1.Cl. The maximum atomic E-state index is 2.28. The van der Waals surface area contributed by atoms with Crippen LogP contribution < -0.4 is 0 Å². The first-order valence-corrected chi connectivity index (χ1v) is 10.7. The lowest BCUT2D eigenvalue weighted by molar-refractivity contribution is 0.704. The fraction of sp³-hybridized carbons (Fsp3) is 0.280. The topological polar surface area (TPSA) is 0 Å². The Morgan fingerprint density at radius 1 is 0.593 bits per heavy atom. The van der Waals surface area contributed by atoms with E-state index < -0.39 is 0 Å². The second-order valence-corrected chi connectivity index (χ2v) is 8.00. The molecule has 0 aliphatic heterocycles. The van der Waals surface area contributed by atoms with Crippen molar-refractivity contribution in [1.29, 1.82) is 0 Å². The Bertz CT molecular complexity index is 659. The van der Waals surface area contributed by atoms with Crippen LogP contribution >= 0.6 is 24.2 Å². The van der Waals surface area contributed by atoms with E-state index in [1.54, 1.807) is 0 Å². The van der Waals surface area contributed by atoms with Crippen molar-refractivity contribution in [2.24, 2.45) is 0 Å². The highest BCUT2D eigenvalue weighted by molar-refractivity contribution is 8.00. The first-order chi connectivity index (χ1) is 12.9. The van der Waals surface area contributed by atoms with E-state index in [4.69, 9.17) is 0 Å². The summed E-state index contributed by atoms with van der Waals surface area (Å²) in [7, 11) is 0. The molecular weight excluding hydrogens is 368 g/mol. The smallest absolute Gasteiger partial charge is 0.0906 e. The lowest BCUT2D eigenvalue weighted by Gasteiger charge is -2.35. The summed E-state index contributed by atoms with van der Waals surface area (Å²) in [5.41, 5.74) is 4.08. The van der Waals surface area contributed by atoms with Gasteiger partial charge in [0.2, 0.25) is 0 Å². The van der Waals surface area contributed by atoms with Crippen LogP contribution in [0, 0.1) is 0 Å². The minimum absolute atomic E-state index is 0. The summed E-state index contributed by atoms with van der Waals surface area (Å²) in [4.78, 5) is 0. The van der Waals surface area contributed by atoms with Crippen molar-refractivity contribution in [3.05, 3.63) is 108 Å². The van der Waals surface area contributed by atoms with Crippen molar-refractivity contribution in [2.75, 3.05) is 5.75 Å². The van der Waals surface area contributed by atoms with Crippen molar-refractivity contribution < 1.29 is 0 Å². The molecule has 0 N–H and O–H groups in total. The lowest BCUT2D eigenvalue weighted by Crippen LogP contribution is -2.26. The molecule has 0 aromatic heterocycles. The average molecular weight is 397 g/mol. The van der Waals surface area contributed by atoms with Crippen LogP contribution in [-0.2, 0) is 4.75 Å². The average Bonchev–Trinajstić information content (AvgIpc) is 2.73. The van der Waals surface area contributed by atoms with Gasteiger partial charge in [0.1, 0.15) is 0 Å². The van der Waals surface area contributed by atoms with Gasteiger partial charge in [-0.2, -0.15) is 0 Å². The standard InChI is InChI=1S/C25H28S.ClH/c1-2-3-4-14-21-26-25(22-15-8-5-9-16-22,23-17-10-6-11-18-23)24-19-12-7-13-20-24;/h5-13,15-20H,2-4,14,21H2,1H3;1H. The first-order valence-electron chi connectivity index (χ1n) is 9.68. The summed E-state index contributed by atoms with van der Waals surface area (Å²) in [6, 6.07) is 32.9. The summed E-state index contributed by atoms with van der Waals surface area (Å²) in [5.74, 6) is 1.17. The van der Waals surface area contributed by atoms with Crippen molar-refractivity contribution >= 4 is 24.2 Å². The Kier molecular flexibility index (Phi) is 8.97. The summed E-state index contributed by atoms with van der Waals surface area (Å²) >= 11 is 2.08. The highest BCUT2D eigenvalue weighted by atomic mass is 35.5. The van der Waals surface area contributed by atoms with Gasteiger partial charge in [0.05, 0.1) is 4.75 Å². The van der Waals surface area contributed by atoms with E-state index in [1.165, 1.54) is 48.1 Å². The van der Waals surface area contributed by atoms with Crippen molar-refractivity contribution in [1.82, 2.24) is 0 Å².